The first-order chi connectivity index (χ1) is 9.52. The lowest BCUT2D eigenvalue weighted by Crippen LogP contribution is -2.37. The summed E-state index contributed by atoms with van der Waals surface area (Å²) in [5.74, 6) is -0.174. The topological polar surface area (TPSA) is 58.4 Å². The predicted octanol–water partition coefficient (Wildman–Crippen LogP) is 1.98. The summed E-state index contributed by atoms with van der Waals surface area (Å²) in [6, 6.07) is 6.94. The van der Waals surface area contributed by atoms with Gasteiger partial charge in [-0.3, -0.25) is 4.79 Å². The molecule has 1 N–H and O–H groups in total. The van der Waals surface area contributed by atoms with Crippen molar-refractivity contribution in [3.8, 4) is 5.69 Å². The van der Waals surface area contributed by atoms with Crippen molar-refractivity contribution in [3.63, 3.8) is 0 Å². The molecule has 20 heavy (non-hydrogen) atoms. The number of aromatic nitrogens is 2. The van der Waals surface area contributed by atoms with Gasteiger partial charge in [-0.25, -0.2) is 4.68 Å². The van der Waals surface area contributed by atoms with Crippen LogP contribution in [-0.2, 0) is 0 Å². The quantitative estimate of drug-likeness (QED) is 0.938. The summed E-state index contributed by atoms with van der Waals surface area (Å²) in [7, 11) is 1.66. The first kappa shape index (κ1) is 14.6. The predicted molar refractivity (Wildman–Crippen MR) is 77.2 cm³/mol. The van der Waals surface area contributed by atoms with Crippen LogP contribution in [0.3, 0.4) is 0 Å². The number of carbonyl (C=O) groups excluding carboxylic acids is 1. The molecule has 0 fully saturated rings. The molecule has 0 saturated heterocycles. The Morgan fingerprint density at radius 3 is 2.70 bits per heavy atom. The molecule has 0 aliphatic carbocycles. The van der Waals surface area contributed by atoms with Crippen molar-refractivity contribution in [3.05, 3.63) is 47.2 Å². The minimum Gasteiger partial charge on any atom is -0.394 e. The lowest BCUT2D eigenvalue weighted by molar-refractivity contribution is 0.0682. The summed E-state index contributed by atoms with van der Waals surface area (Å²) in [6.45, 7) is 1.70. The van der Waals surface area contributed by atoms with Gasteiger partial charge in [-0.1, -0.05) is 11.6 Å². The van der Waals surface area contributed by atoms with Crippen LogP contribution in [0.15, 0.2) is 36.7 Å². The van der Waals surface area contributed by atoms with Gasteiger partial charge >= 0.3 is 0 Å². The summed E-state index contributed by atoms with van der Waals surface area (Å²) in [4.78, 5) is 13.7. The molecule has 1 atom stereocenters. The molecule has 5 nitrogen and oxygen atoms in total. The molecule has 1 aromatic carbocycles. The van der Waals surface area contributed by atoms with E-state index in [2.05, 4.69) is 5.10 Å². The molecule has 0 aliphatic heterocycles. The largest absolute Gasteiger partial charge is 0.394 e. The lowest BCUT2D eigenvalue weighted by atomic mass is 10.2. The van der Waals surface area contributed by atoms with Gasteiger partial charge < -0.3 is 10.0 Å². The molecule has 0 spiro atoms. The monoisotopic (exact) mass is 293 g/mol. The summed E-state index contributed by atoms with van der Waals surface area (Å²) in [5.41, 5.74) is 1.30. The normalized spacial score (nSPS) is 12.2. The molecule has 0 radical (unpaired) electrons. The van der Waals surface area contributed by atoms with Gasteiger partial charge in [-0.15, -0.1) is 0 Å². The minimum absolute atomic E-state index is 0.0758. The zero-order valence-electron chi connectivity index (χ0n) is 11.3. The first-order valence-electron chi connectivity index (χ1n) is 6.21. The van der Waals surface area contributed by atoms with Crippen LogP contribution in [0.1, 0.15) is 17.3 Å². The van der Waals surface area contributed by atoms with Crippen LogP contribution in [-0.4, -0.2) is 45.4 Å². The second-order valence-corrected chi connectivity index (χ2v) is 5.03. The molecule has 1 amide bonds. The molecule has 1 unspecified atom stereocenters. The van der Waals surface area contributed by atoms with Gasteiger partial charge in [0.05, 0.1) is 30.1 Å². The number of aliphatic hydroxyl groups excluding tert-OH is 1. The highest BCUT2D eigenvalue weighted by molar-refractivity contribution is 6.30. The van der Waals surface area contributed by atoms with E-state index in [0.29, 0.717) is 10.6 Å². The van der Waals surface area contributed by atoms with Crippen LogP contribution >= 0.6 is 11.6 Å². The van der Waals surface area contributed by atoms with E-state index in [4.69, 9.17) is 16.7 Å². The maximum atomic E-state index is 12.2. The van der Waals surface area contributed by atoms with E-state index in [-0.39, 0.29) is 18.6 Å². The number of likely N-dealkylation sites (N-methyl/N-ethyl adjacent to an activating group) is 1. The Bertz CT molecular complexity index is 595. The third kappa shape index (κ3) is 3.00. The number of hydrogen-bond acceptors (Lipinski definition) is 3. The number of amides is 1. The Kier molecular flexibility index (Phi) is 4.42. The average molecular weight is 294 g/mol. The number of hydrogen-bond donors (Lipinski definition) is 1. The SMILES string of the molecule is CC(CO)N(C)C(=O)c1cnn(-c2ccc(Cl)cc2)c1. The van der Waals surface area contributed by atoms with Gasteiger partial charge in [0, 0.05) is 18.3 Å². The molecule has 0 saturated carbocycles. The Labute approximate surface area is 122 Å². The first-order valence-corrected chi connectivity index (χ1v) is 6.59. The summed E-state index contributed by atoms with van der Waals surface area (Å²) >= 11 is 5.83. The third-order valence-corrected chi connectivity index (χ3v) is 3.42. The summed E-state index contributed by atoms with van der Waals surface area (Å²) in [6.07, 6.45) is 3.17. The van der Waals surface area contributed by atoms with Crippen LogP contribution in [0.5, 0.6) is 0 Å². The number of carbonyl (C=O) groups is 1. The van der Waals surface area contributed by atoms with Gasteiger partial charge in [0.2, 0.25) is 0 Å². The second kappa shape index (κ2) is 6.07. The van der Waals surface area contributed by atoms with E-state index >= 15 is 0 Å². The molecule has 2 aromatic rings. The molecule has 1 heterocycles. The van der Waals surface area contributed by atoms with Crippen molar-refractivity contribution in [2.24, 2.45) is 0 Å². The van der Waals surface area contributed by atoms with Gasteiger partial charge in [0.15, 0.2) is 0 Å². The molecular formula is C14H16ClN3O2. The summed E-state index contributed by atoms with van der Waals surface area (Å²) < 4.78 is 1.61. The Hall–Kier alpha value is -1.85. The van der Waals surface area contributed by atoms with E-state index < -0.39 is 0 Å². The molecule has 1 aromatic heterocycles. The standard InChI is InChI=1S/C14H16ClN3O2/c1-10(9-19)17(2)14(20)11-7-16-18(8-11)13-5-3-12(15)4-6-13/h3-8,10,19H,9H2,1-2H3. The van der Waals surface area contributed by atoms with E-state index in [0.717, 1.165) is 5.69 Å². The Morgan fingerprint density at radius 2 is 2.10 bits per heavy atom. The number of benzene rings is 1. The lowest BCUT2D eigenvalue weighted by Gasteiger charge is -2.22. The van der Waals surface area contributed by atoms with Crippen LogP contribution in [0.25, 0.3) is 5.69 Å². The number of halogens is 1. The van der Waals surface area contributed by atoms with E-state index in [1.54, 1.807) is 37.0 Å². The fourth-order valence-corrected chi connectivity index (χ4v) is 1.82. The van der Waals surface area contributed by atoms with Crippen LogP contribution in [0, 0.1) is 0 Å². The van der Waals surface area contributed by atoms with Crippen LogP contribution < -0.4 is 0 Å². The summed E-state index contributed by atoms with van der Waals surface area (Å²) in [5, 5.41) is 13.9. The fourth-order valence-electron chi connectivity index (χ4n) is 1.69. The third-order valence-electron chi connectivity index (χ3n) is 3.17. The average Bonchev–Trinajstić information content (AvgIpc) is 2.95. The van der Waals surface area contributed by atoms with Gasteiger partial charge in [0.1, 0.15) is 0 Å². The molecule has 0 aliphatic rings. The van der Waals surface area contributed by atoms with Crippen molar-refractivity contribution < 1.29 is 9.90 Å². The fraction of sp³-hybridized carbons (Fsp3) is 0.286. The van der Waals surface area contributed by atoms with E-state index in [1.807, 2.05) is 12.1 Å². The van der Waals surface area contributed by atoms with Crippen molar-refractivity contribution in [1.82, 2.24) is 14.7 Å². The minimum atomic E-state index is -0.235. The van der Waals surface area contributed by atoms with Gasteiger partial charge in [-0.05, 0) is 31.2 Å². The Balaban J connectivity index is 2.20. The zero-order chi connectivity index (χ0) is 14.7. The molecule has 106 valence electrons. The molecule has 6 heteroatoms. The van der Waals surface area contributed by atoms with E-state index in [9.17, 15) is 4.79 Å². The van der Waals surface area contributed by atoms with Crippen molar-refractivity contribution in [1.29, 1.82) is 0 Å². The molecular weight excluding hydrogens is 278 g/mol. The highest BCUT2D eigenvalue weighted by Gasteiger charge is 2.18. The number of nitrogens with zero attached hydrogens (tertiary/aromatic N) is 3. The highest BCUT2D eigenvalue weighted by atomic mass is 35.5. The Morgan fingerprint density at radius 1 is 1.45 bits per heavy atom. The van der Waals surface area contributed by atoms with Crippen LogP contribution in [0.4, 0.5) is 0 Å². The van der Waals surface area contributed by atoms with Crippen molar-refractivity contribution >= 4 is 17.5 Å². The number of aliphatic hydroxyl groups is 1. The highest BCUT2D eigenvalue weighted by Crippen LogP contribution is 2.14. The van der Waals surface area contributed by atoms with Gasteiger partial charge in [0.25, 0.3) is 5.91 Å². The van der Waals surface area contributed by atoms with E-state index in [1.165, 1.54) is 11.1 Å². The maximum Gasteiger partial charge on any atom is 0.257 e. The molecule has 0 bridgehead atoms. The number of rotatable bonds is 4. The maximum absolute atomic E-state index is 12.2. The smallest absolute Gasteiger partial charge is 0.257 e. The second-order valence-electron chi connectivity index (χ2n) is 4.60. The van der Waals surface area contributed by atoms with Crippen molar-refractivity contribution in [2.45, 2.75) is 13.0 Å². The zero-order valence-corrected chi connectivity index (χ0v) is 12.1. The molecule has 2 rings (SSSR count). The van der Waals surface area contributed by atoms with Crippen molar-refractivity contribution in [2.75, 3.05) is 13.7 Å². The van der Waals surface area contributed by atoms with Crippen LogP contribution in [0.2, 0.25) is 5.02 Å². The van der Waals surface area contributed by atoms with Gasteiger partial charge in [-0.2, -0.15) is 5.10 Å².